The Balaban J connectivity index is 3.04. The molecule has 0 fully saturated rings. The van der Waals surface area contributed by atoms with E-state index in [-0.39, 0.29) is 5.78 Å². The van der Waals surface area contributed by atoms with Crippen LogP contribution in [0.3, 0.4) is 0 Å². The van der Waals surface area contributed by atoms with E-state index in [1.165, 1.54) is 0 Å². The molecule has 0 saturated carbocycles. The molecule has 0 aliphatic rings. The van der Waals surface area contributed by atoms with Crippen molar-refractivity contribution in [3.05, 3.63) is 29.8 Å². The summed E-state index contributed by atoms with van der Waals surface area (Å²) >= 11 is 2.04. The second-order valence-electron chi connectivity index (χ2n) is 2.26. The van der Waals surface area contributed by atoms with Crippen LogP contribution in [0.15, 0.2) is 24.3 Å². The molecule has 0 N–H and O–H groups in total. The van der Waals surface area contributed by atoms with Gasteiger partial charge in [0.2, 0.25) is 0 Å². The molecule has 12 heavy (non-hydrogen) atoms. The van der Waals surface area contributed by atoms with Crippen LogP contribution in [-0.4, -0.2) is 17.3 Å². The predicted octanol–water partition coefficient (Wildman–Crippen LogP) is 2.31. The lowest BCUT2D eigenvalue weighted by Gasteiger charge is -2.04. The molecule has 1 aromatic carbocycles. The van der Waals surface area contributed by atoms with Crippen molar-refractivity contribution in [2.24, 2.45) is 0 Å². The Morgan fingerprint density at radius 1 is 1.50 bits per heavy atom. The molecule has 0 amide bonds. The number of carbonyl (C=O) groups is 1. The standard InChI is InChI=1S/C9H9IO2/c1-12-9-5-3-2-4-7(9)8(11)6-10/h2-5H,6H2,1H3. The fourth-order valence-electron chi connectivity index (χ4n) is 0.947. The topological polar surface area (TPSA) is 26.3 Å². The van der Waals surface area contributed by atoms with Gasteiger partial charge in [-0.3, -0.25) is 4.79 Å². The molecule has 3 heteroatoms. The van der Waals surface area contributed by atoms with Crippen molar-refractivity contribution in [2.45, 2.75) is 0 Å². The van der Waals surface area contributed by atoms with Crippen LogP contribution < -0.4 is 4.74 Å². The van der Waals surface area contributed by atoms with E-state index in [1.54, 1.807) is 19.2 Å². The van der Waals surface area contributed by atoms with Gasteiger partial charge in [-0.2, -0.15) is 0 Å². The van der Waals surface area contributed by atoms with Gasteiger partial charge in [0.15, 0.2) is 5.78 Å². The lowest BCUT2D eigenvalue weighted by Crippen LogP contribution is -2.02. The van der Waals surface area contributed by atoms with E-state index in [9.17, 15) is 4.79 Å². The van der Waals surface area contributed by atoms with Crippen molar-refractivity contribution < 1.29 is 9.53 Å². The highest BCUT2D eigenvalue weighted by Crippen LogP contribution is 2.18. The van der Waals surface area contributed by atoms with E-state index < -0.39 is 0 Å². The normalized spacial score (nSPS) is 9.50. The zero-order valence-electron chi connectivity index (χ0n) is 6.71. The van der Waals surface area contributed by atoms with Crippen molar-refractivity contribution in [3.63, 3.8) is 0 Å². The number of carbonyl (C=O) groups excluding carboxylic acids is 1. The number of benzene rings is 1. The maximum atomic E-state index is 11.3. The molecule has 0 unspecified atom stereocenters. The average molecular weight is 276 g/mol. The van der Waals surface area contributed by atoms with Crippen molar-refractivity contribution in [1.29, 1.82) is 0 Å². The first kappa shape index (κ1) is 9.51. The Morgan fingerprint density at radius 2 is 2.17 bits per heavy atom. The number of ether oxygens (including phenoxy) is 1. The van der Waals surface area contributed by atoms with Crippen LogP contribution >= 0.6 is 22.6 Å². The van der Waals surface area contributed by atoms with Gasteiger partial charge in [-0.15, -0.1) is 0 Å². The van der Waals surface area contributed by atoms with Gasteiger partial charge in [0, 0.05) is 0 Å². The zero-order chi connectivity index (χ0) is 8.97. The highest BCUT2D eigenvalue weighted by molar-refractivity contribution is 14.1. The van der Waals surface area contributed by atoms with Gasteiger partial charge in [-0.25, -0.2) is 0 Å². The molecule has 0 aromatic heterocycles. The summed E-state index contributed by atoms with van der Waals surface area (Å²) in [6, 6.07) is 7.25. The zero-order valence-corrected chi connectivity index (χ0v) is 8.87. The number of Topliss-reactive ketones (excluding diaryl/α,β-unsaturated/α-hetero) is 1. The molecule has 2 nitrogen and oxygen atoms in total. The number of hydrogen-bond acceptors (Lipinski definition) is 2. The van der Waals surface area contributed by atoms with E-state index in [4.69, 9.17) is 4.74 Å². The first-order valence-corrected chi connectivity index (χ1v) is 5.04. The summed E-state index contributed by atoms with van der Waals surface area (Å²) in [6.07, 6.45) is 0. The smallest absolute Gasteiger partial charge is 0.176 e. The summed E-state index contributed by atoms with van der Waals surface area (Å²) in [7, 11) is 1.57. The number of hydrogen-bond donors (Lipinski definition) is 0. The minimum absolute atomic E-state index is 0.105. The summed E-state index contributed by atoms with van der Waals surface area (Å²) in [6.45, 7) is 0. The minimum atomic E-state index is 0.105. The van der Waals surface area contributed by atoms with Crippen LogP contribution in [0.5, 0.6) is 5.75 Å². The summed E-state index contributed by atoms with van der Waals surface area (Å²) in [5.74, 6) is 0.757. The quantitative estimate of drug-likeness (QED) is 0.481. The van der Waals surface area contributed by atoms with Gasteiger partial charge in [-0.05, 0) is 12.1 Å². The number of para-hydroxylation sites is 1. The SMILES string of the molecule is COc1ccccc1C(=O)CI. The highest BCUT2D eigenvalue weighted by atomic mass is 127. The largest absolute Gasteiger partial charge is 0.496 e. The second-order valence-corrected chi connectivity index (χ2v) is 3.02. The van der Waals surface area contributed by atoms with E-state index >= 15 is 0 Å². The Kier molecular flexibility index (Phi) is 3.52. The van der Waals surface area contributed by atoms with Crippen LogP contribution in [0, 0.1) is 0 Å². The Labute approximate surface area is 85.1 Å². The Morgan fingerprint density at radius 3 is 2.75 bits per heavy atom. The first-order chi connectivity index (χ1) is 5.79. The third-order valence-electron chi connectivity index (χ3n) is 1.53. The van der Waals surface area contributed by atoms with Crippen molar-refractivity contribution >= 4 is 28.4 Å². The lowest BCUT2D eigenvalue weighted by atomic mass is 10.1. The number of ketones is 1. The second kappa shape index (κ2) is 4.45. The molecule has 0 aliphatic heterocycles. The lowest BCUT2D eigenvalue weighted by molar-refractivity contribution is 0.102. The molecule has 1 aromatic rings. The Bertz CT molecular complexity index is 284. The van der Waals surface area contributed by atoms with E-state index in [1.807, 2.05) is 34.7 Å². The van der Waals surface area contributed by atoms with Gasteiger partial charge in [0.05, 0.1) is 17.1 Å². The number of alkyl halides is 1. The van der Waals surface area contributed by atoms with Crippen LogP contribution in [0.2, 0.25) is 0 Å². The fourth-order valence-corrected chi connectivity index (χ4v) is 1.36. The van der Waals surface area contributed by atoms with E-state index in [0.29, 0.717) is 15.7 Å². The molecule has 0 spiro atoms. The van der Waals surface area contributed by atoms with E-state index in [2.05, 4.69) is 0 Å². The van der Waals surface area contributed by atoms with Gasteiger partial charge >= 0.3 is 0 Å². The minimum Gasteiger partial charge on any atom is -0.496 e. The fraction of sp³-hybridized carbons (Fsp3) is 0.222. The van der Waals surface area contributed by atoms with Crippen molar-refractivity contribution in [1.82, 2.24) is 0 Å². The first-order valence-electron chi connectivity index (χ1n) is 3.51. The monoisotopic (exact) mass is 276 g/mol. The number of rotatable bonds is 3. The van der Waals surface area contributed by atoms with Gasteiger partial charge in [-0.1, -0.05) is 34.7 Å². The molecule has 64 valence electrons. The van der Waals surface area contributed by atoms with E-state index in [0.717, 1.165) is 0 Å². The number of halogens is 1. The van der Waals surface area contributed by atoms with Crippen molar-refractivity contribution in [3.8, 4) is 5.75 Å². The predicted molar refractivity (Wildman–Crippen MR) is 56.2 cm³/mol. The highest BCUT2D eigenvalue weighted by Gasteiger charge is 2.08. The molecule has 0 atom stereocenters. The van der Waals surface area contributed by atoms with Crippen molar-refractivity contribution in [2.75, 3.05) is 11.5 Å². The third-order valence-corrected chi connectivity index (χ3v) is 2.22. The summed E-state index contributed by atoms with van der Waals surface area (Å²) in [5, 5.41) is 0. The Hall–Kier alpha value is -0.580. The van der Waals surface area contributed by atoms with Crippen LogP contribution in [0.25, 0.3) is 0 Å². The van der Waals surface area contributed by atoms with Crippen LogP contribution in [0.1, 0.15) is 10.4 Å². The van der Waals surface area contributed by atoms with Gasteiger partial charge in [0.1, 0.15) is 5.75 Å². The summed E-state index contributed by atoms with van der Waals surface area (Å²) in [4.78, 5) is 11.3. The average Bonchev–Trinajstić information content (AvgIpc) is 2.16. The molecule has 0 aliphatic carbocycles. The molecule has 1 rings (SSSR count). The summed E-state index contributed by atoms with van der Waals surface area (Å²) in [5.41, 5.74) is 0.661. The summed E-state index contributed by atoms with van der Waals surface area (Å²) < 4.78 is 5.53. The van der Waals surface area contributed by atoms with Crippen LogP contribution in [-0.2, 0) is 0 Å². The molecule has 0 radical (unpaired) electrons. The maximum absolute atomic E-state index is 11.3. The molecule has 0 bridgehead atoms. The van der Waals surface area contributed by atoms with Gasteiger partial charge in [0.25, 0.3) is 0 Å². The molecular formula is C9H9IO2. The maximum Gasteiger partial charge on any atom is 0.176 e. The van der Waals surface area contributed by atoms with Crippen LogP contribution in [0.4, 0.5) is 0 Å². The molecular weight excluding hydrogens is 267 g/mol. The molecule has 0 heterocycles. The third kappa shape index (κ3) is 1.97. The molecule has 0 saturated heterocycles. The number of methoxy groups -OCH3 is 1. The van der Waals surface area contributed by atoms with Gasteiger partial charge < -0.3 is 4.74 Å².